The first-order chi connectivity index (χ1) is 7.27. The van der Waals surface area contributed by atoms with Crippen LogP contribution >= 0.6 is 0 Å². The van der Waals surface area contributed by atoms with Gasteiger partial charge in [-0.15, -0.1) is 0 Å². The van der Waals surface area contributed by atoms with Gasteiger partial charge in [-0.3, -0.25) is 0 Å². The SMILES string of the molecule is CC1C=CC=[C]1[Ti+2]=[CH]c1ccccc1O.[Cl-].[Cl-]. The van der Waals surface area contributed by atoms with Crippen LogP contribution in [0.3, 0.4) is 0 Å². The molecule has 1 atom stereocenters. The number of rotatable bonds is 2. The molecule has 1 aliphatic rings. The fraction of sp³-hybridized carbons (Fsp3) is 0.154. The summed E-state index contributed by atoms with van der Waals surface area (Å²) in [6.45, 7) is 2.22. The topological polar surface area (TPSA) is 20.2 Å². The van der Waals surface area contributed by atoms with Gasteiger partial charge in [0.15, 0.2) is 0 Å². The molecule has 1 N–H and O–H groups in total. The van der Waals surface area contributed by atoms with Crippen LogP contribution in [0.25, 0.3) is 0 Å². The third-order valence-corrected chi connectivity index (χ3v) is 4.70. The molecule has 0 fully saturated rings. The molecule has 1 aromatic carbocycles. The van der Waals surface area contributed by atoms with E-state index in [1.165, 1.54) is 3.88 Å². The maximum atomic E-state index is 9.60. The Hall–Kier alpha value is -0.336. The smallest absolute Gasteiger partial charge is 1.00 e. The average Bonchev–Trinajstić information content (AvgIpc) is 2.63. The van der Waals surface area contributed by atoms with E-state index >= 15 is 0 Å². The van der Waals surface area contributed by atoms with Crippen molar-refractivity contribution in [2.45, 2.75) is 6.92 Å². The largest absolute Gasteiger partial charge is 1.00 e. The van der Waals surface area contributed by atoms with E-state index in [1.807, 2.05) is 18.2 Å². The third kappa shape index (κ3) is 4.44. The van der Waals surface area contributed by atoms with E-state index in [2.05, 4.69) is 29.5 Å². The minimum Gasteiger partial charge on any atom is -1.00 e. The number of para-hydroxylation sites is 1. The first-order valence-corrected chi connectivity index (χ1v) is 6.72. The second kappa shape index (κ2) is 7.89. The van der Waals surface area contributed by atoms with Crippen molar-refractivity contribution in [3.05, 3.63) is 51.9 Å². The van der Waals surface area contributed by atoms with E-state index in [4.69, 9.17) is 0 Å². The van der Waals surface area contributed by atoms with Crippen molar-refractivity contribution in [2.24, 2.45) is 5.92 Å². The molecule has 1 nitrogen and oxygen atoms in total. The molecule has 0 aliphatic heterocycles. The Morgan fingerprint density at radius 3 is 2.53 bits per heavy atom. The standard InChI is InChI=1S/C7H6O.C6H7.2ClH.Ti/c1-6-4-2-3-5-7(6)8;1-6-4-2-3-5-6;;;/h1-5,8H;2-4,6H,1H3;2*1H;/q;;;;+2/p-2. The first-order valence-electron chi connectivity index (χ1n) is 5.03. The van der Waals surface area contributed by atoms with Gasteiger partial charge in [-0.05, 0) is 0 Å². The van der Waals surface area contributed by atoms with Crippen molar-refractivity contribution < 1.29 is 48.6 Å². The number of allylic oxidation sites excluding steroid dienone is 4. The Kier molecular flexibility index (Phi) is 7.73. The van der Waals surface area contributed by atoms with Crippen LogP contribution in [0.5, 0.6) is 5.75 Å². The predicted molar refractivity (Wildman–Crippen MR) is 59.7 cm³/mol. The van der Waals surface area contributed by atoms with E-state index in [0.717, 1.165) is 5.56 Å². The number of hydrogen-bond acceptors (Lipinski definition) is 1. The molecule has 0 saturated carbocycles. The zero-order valence-corrected chi connectivity index (χ0v) is 12.5. The van der Waals surface area contributed by atoms with Crippen molar-refractivity contribution >= 4 is 4.31 Å². The van der Waals surface area contributed by atoms with E-state index in [0.29, 0.717) is 11.7 Å². The van der Waals surface area contributed by atoms with Gasteiger partial charge in [-0.2, -0.15) is 0 Å². The van der Waals surface area contributed by atoms with E-state index in [1.54, 1.807) is 6.07 Å². The second-order valence-corrected chi connectivity index (χ2v) is 5.45. The van der Waals surface area contributed by atoms with Crippen LogP contribution in [0.2, 0.25) is 0 Å². The summed E-state index contributed by atoms with van der Waals surface area (Å²) in [6.07, 6.45) is 6.56. The fourth-order valence-corrected chi connectivity index (χ4v) is 3.28. The van der Waals surface area contributed by atoms with Crippen LogP contribution in [0, 0.1) is 5.92 Å². The zero-order valence-electron chi connectivity index (χ0n) is 9.40. The summed E-state index contributed by atoms with van der Waals surface area (Å²) in [5.74, 6) is 0.979. The number of phenolic OH excluding ortho intramolecular Hbond substituents is 1. The van der Waals surface area contributed by atoms with Crippen LogP contribution in [0.4, 0.5) is 0 Å². The molecule has 4 heteroatoms. The van der Waals surface area contributed by atoms with E-state index in [-0.39, 0.29) is 43.5 Å². The monoisotopic (exact) mass is 303 g/mol. The minimum absolute atomic E-state index is 0. The van der Waals surface area contributed by atoms with Gasteiger partial charge in [0.2, 0.25) is 0 Å². The summed E-state index contributed by atoms with van der Waals surface area (Å²) in [5.41, 5.74) is 0.970. The molecule has 0 amide bonds. The molecule has 0 radical (unpaired) electrons. The van der Waals surface area contributed by atoms with Gasteiger partial charge in [-0.25, -0.2) is 0 Å². The number of hydrogen-bond donors (Lipinski definition) is 1. The molecule has 0 bridgehead atoms. The number of aromatic hydroxyl groups is 1. The number of phenols is 1. The van der Waals surface area contributed by atoms with Crippen LogP contribution in [0.1, 0.15) is 12.5 Å². The Balaban J connectivity index is 0.00000128. The summed E-state index contributed by atoms with van der Waals surface area (Å²) in [6, 6.07) is 7.52. The van der Waals surface area contributed by atoms with Crippen LogP contribution in [0.15, 0.2) is 46.4 Å². The van der Waals surface area contributed by atoms with Crippen molar-refractivity contribution in [1.29, 1.82) is 0 Å². The van der Waals surface area contributed by atoms with Gasteiger partial charge in [0.05, 0.1) is 0 Å². The molecule has 0 heterocycles. The van der Waals surface area contributed by atoms with Gasteiger partial charge >= 0.3 is 98.6 Å². The van der Waals surface area contributed by atoms with Crippen molar-refractivity contribution in [3.63, 3.8) is 0 Å². The molecular formula is C13H13Cl2OTi. The van der Waals surface area contributed by atoms with Crippen molar-refractivity contribution in [1.82, 2.24) is 0 Å². The number of benzene rings is 1. The van der Waals surface area contributed by atoms with Gasteiger partial charge in [-0.1, -0.05) is 0 Å². The third-order valence-electron chi connectivity index (χ3n) is 2.50. The van der Waals surface area contributed by atoms with Crippen LogP contribution in [-0.4, -0.2) is 9.42 Å². The van der Waals surface area contributed by atoms with E-state index < -0.39 is 0 Å². The Morgan fingerprint density at radius 2 is 1.94 bits per heavy atom. The van der Waals surface area contributed by atoms with Gasteiger partial charge < -0.3 is 24.8 Å². The quantitative estimate of drug-likeness (QED) is 0.568. The zero-order chi connectivity index (χ0) is 10.7. The number of halogens is 2. The average molecular weight is 304 g/mol. The molecule has 0 spiro atoms. The fourth-order valence-electron chi connectivity index (χ4n) is 1.53. The summed E-state index contributed by atoms with van der Waals surface area (Å²) < 4.78 is 3.73. The Morgan fingerprint density at radius 1 is 1.24 bits per heavy atom. The molecule has 17 heavy (non-hydrogen) atoms. The van der Waals surface area contributed by atoms with Crippen molar-refractivity contribution in [3.8, 4) is 5.75 Å². The predicted octanol–water partition coefficient (Wildman–Crippen LogP) is -3.28. The first kappa shape index (κ1) is 16.7. The molecule has 89 valence electrons. The van der Waals surface area contributed by atoms with E-state index in [9.17, 15) is 5.11 Å². The maximum absolute atomic E-state index is 9.60. The van der Waals surface area contributed by atoms with Gasteiger partial charge in [0.1, 0.15) is 0 Å². The molecule has 0 saturated heterocycles. The second-order valence-electron chi connectivity index (χ2n) is 3.64. The van der Waals surface area contributed by atoms with Gasteiger partial charge in [0, 0.05) is 0 Å². The molecular weight excluding hydrogens is 291 g/mol. The summed E-state index contributed by atoms with van der Waals surface area (Å²) in [7, 11) is 0. The molecule has 2 rings (SSSR count). The minimum atomic E-state index is -0.238. The van der Waals surface area contributed by atoms with Crippen molar-refractivity contribution in [2.75, 3.05) is 0 Å². The molecule has 1 aromatic rings. The van der Waals surface area contributed by atoms with Crippen LogP contribution in [-0.2, 0) is 18.7 Å². The molecule has 0 aromatic heterocycles. The Bertz CT molecular complexity index is 452. The Labute approximate surface area is 123 Å². The normalized spacial score (nSPS) is 17.0. The molecule has 1 unspecified atom stereocenters. The summed E-state index contributed by atoms with van der Waals surface area (Å²) in [4.78, 5) is 0. The van der Waals surface area contributed by atoms with Crippen LogP contribution < -0.4 is 24.8 Å². The summed E-state index contributed by atoms with van der Waals surface area (Å²) >= 11 is -0.238. The maximum Gasteiger partial charge on any atom is -1.00 e. The molecule has 1 aliphatic carbocycles. The van der Waals surface area contributed by atoms with Gasteiger partial charge in [0.25, 0.3) is 0 Å². The summed E-state index contributed by atoms with van der Waals surface area (Å²) in [5, 5.41) is 9.60.